The molecule has 1 aliphatic heterocycles. The minimum absolute atomic E-state index is 0.561. The van der Waals surface area contributed by atoms with Crippen molar-refractivity contribution in [2.24, 2.45) is 0 Å². The van der Waals surface area contributed by atoms with Crippen molar-refractivity contribution >= 4 is 0 Å². The van der Waals surface area contributed by atoms with Gasteiger partial charge in [0.05, 0.1) is 19.1 Å². The summed E-state index contributed by atoms with van der Waals surface area (Å²) in [6.07, 6.45) is 3.89. The van der Waals surface area contributed by atoms with Crippen LogP contribution in [0.15, 0.2) is 29.1 Å². The van der Waals surface area contributed by atoms with E-state index in [4.69, 9.17) is 21.7 Å². The van der Waals surface area contributed by atoms with Gasteiger partial charge in [-0.05, 0) is 12.1 Å². The van der Waals surface area contributed by atoms with Gasteiger partial charge in [-0.1, -0.05) is 5.92 Å². The average molecular weight is 242 g/mol. The Morgan fingerprint density at radius 1 is 1.29 bits per heavy atom. The Labute approximate surface area is 98.1 Å². The number of rotatable bonds is 1. The molecule has 1 aromatic rings. The van der Waals surface area contributed by atoms with Crippen molar-refractivity contribution < 1.29 is 29.6 Å². The lowest BCUT2D eigenvalue weighted by Gasteiger charge is -2.22. The Kier molecular flexibility index (Phi) is 4.69. The lowest BCUT2D eigenvalue weighted by atomic mass is 9.94. The highest BCUT2D eigenvalue weighted by atomic mass is 16.7. The Hall–Kier alpha value is -1.36. The highest BCUT2D eigenvalue weighted by Gasteiger charge is 2.53. The molecule has 0 amide bonds. The van der Waals surface area contributed by atoms with Gasteiger partial charge in [-0.3, -0.25) is 0 Å². The molecule has 17 heavy (non-hydrogen) atoms. The first-order chi connectivity index (χ1) is 8.06. The minimum Gasteiger partial charge on any atom is -0.473 e. The molecule has 1 saturated heterocycles. The highest BCUT2D eigenvalue weighted by Crippen LogP contribution is 2.29. The summed E-state index contributed by atoms with van der Waals surface area (Å²) in [6, 6.07) is 3.67. The molecule has 0 unspecified atom stereocenters. The van der Waals surface area contributed by atoms with Gasteiger partial charge in [-0.15, -0.1) is 6.42 Å². The van der Waals surface area contributed by atoms with Crippen molar-refractivity contribution in [2.75, 3.05) is 6.61 Å². The van der Waals surface area contributed by atoms with Crippen LogP contribution >= 0.6 is 0 Å². The fraction of sp³-hybridized carbons (Fsp3) is 0.455. The predicted octanol–water partition coefficient (Wildman–Crippen LogP) is -1.30. The van der Waals surface area contributed by atoms with E-state index >= 15 is 0 Å². The summed E-state index contributed by atoms with van der Waals surface area (Å²) in [5.74, 6) is 1.88. The molecule has 0 spiro atoms. The molecule has 0 radical (unpaired) electrons. The summed E-state index contributed by atoms with van der Waals surface area (Å²) in [5, 5.41) is 36.2. The third-order valence-corrected chi connectivity index (χ3v) is 2.34. The molecule has 4 N–H and O–H groups in total. The van der Waals surface area contributed by atoms with Gasteiger partial charge in [0.25, 0.3) is 0 Å². The fourth-order valence-corrected chi connectivity index (χ4v) is 1.34. The molecule has 0 aromatic carbocycles. The summed E-state index contributed by atoms with van der Waals surface area (Å²) < 4.78 is 9.18. The first-order valence-electron chi connectivity index (χ1n) is 4.86. The van der Waals surface area contributed by atoms with Crippen molar-refractivity contribution in [3.05, 3.63) is 24.7 Å². The normalized spacial score (nSPS) is 35.8. The lowest BCUT2D eigenvalue weighted by molar-refractivity contribution is -0.132. The van der Waals surface area contributed by atoms with Gasteiger partial charge in [0.15, 0.2) is 11.9 Å². The second kappa shape index (κ2) is 5.82. The monoisotopic (exact) mass is 242 g/mol. The van der Waals surface area contributed by atoms with Gasteiger partial charge >= 0.3 is 0 Å². The maximum absolute atomic E-state index is 9.47. The van der Waals surface area contributed by atoms with Gasteiger partial charge in [0, 0.05) is 0 Å². The number of aliphatic hydroxyl groups excluding tert-OH is 3. The highest BCUT2D eigenvalue weighted by molar-refractivity contribution is 5.19. The lowest BCUT2D eigenvalue weighted by Crippen LogP contribution is -2.48. The van der Waals surface area contributed by atoms with Crippen LogP contribution in [-0.2, 0) is 4.74 Å². The van der Waals surface area contributed by atoms with Crippen LogP contribution in [0.25, 0.3) is 0 Å². The molecule has 1 fully saturated rings. The Morgan fingerprint density at radius 2 is 1.88 bits per heavy atom. The number of hydrogen-bond donors (Lipinski definition) is 4. The largest absolute Gasteiger partial charge is 0.473 e. The predicted molar refractivity (Wildman–Crippen MR) is 56.5 cm³/mol. The second-order valence-corrected chi connectivity index (χ2v) is 3.41. The fourth-order valence-electron chi connectivity index (χ4n) is 1.34. The van der Waals surface area contributed by atoms with Crippen molar-refractivity contribution in [3.8, 4) is 12.3 Å². The van der Waals surface area contributed by atoms with Crippen molar-refractivity contribution in [1.29, 1.82) is 0 Å². The zero-order valence-corrected chi connectivity index (χ0v) is 8.93. The average Bonchev–Trinajstić information content (AvgIpc) is 2.97. The molecule has 4 atom stereocenters. The smallest absolute Gasteiger partial charge is 0.185 e. The summed E-state index contributed by atoms with van der Waals surface area (Å²) in [5.41, 5.74) is -2.01. The van der Waals surface area contributed by atoms with E-state index in [1.807, 2.05) is 18.1 Å². The first-order valence-corrected chi connectivity index (χ1v) is 4.86. The van der Waals surface area contributed by atoms with E-state index in [9.17, 15) is 5.11 Å². The number of hydrogen-bond acceptors (Lipinski definition) is 6. The zero-order valence-electron chi connectivity index (χ0n) is 8.93. The molecule has 0 bridgehead atoms. The topological polar surface area (TPSA) is 103 Å². The molecule has 1 aromatic heterocycles. The van der Waals surface area contributed by atoms with Gasteiger partial charge in [-0.2, -0.15) is 0 Å². The maximum Gasteiger partial charge on any atom is 0.185 e. The molecule has 1 aliphatic rings. The van der Waals surface area contributed by atoms with Crippen LogP contribution < -0.4 is 0 Å². The standard InChI is InChI=1S/C7H10O5.C4H4O/c1-2-7(11)4(3-8)12-6(10)5(7)9;1-2-4-5-3-1/h1,4-6,8-11H,3H2;1-4H/t4-,5+,6-,7-;/m1./s1. The summed E-state index contributed by atoms with van der Waals surface area (Å²) >= 11 is 0. The maximum atomic E-state index is 9.47. The van der Waals surface area contributed by atoms with E-state index in [2.05, 4.69) is 9.15 Å². The Morgan fingerprint density at radius 3 is 2.18 bits per heavy atom. The Balaban J connectivity index is 0.000000239. The Bertz CT molecular complexity index is 339. The van der Waals surface area contributed by atoms with E-state index in [0.29, 0.717) is 0 Å². The minimum atomic E-state index is -2.01. The van der Waals surface area contributed by atoms with E-state index in [-0.39, 0.29) is 0 Å². The number of furan rings is 1. The van der Waals surface area contributed by atoms with Gasteiger partial charge in [0.2, 0.25) is 0 Å². The van der Waals surface area contributed by atoms with E-state index < -0.39 is 30.7 Å². The summed E-state index contributed by atoms with van der Waals surface area (Å²) in [4.78, 5) is 0. The second-order valence-electron chi connectivity index (χ2n) is 3.41. The third kappa shape index (κ3) is 2.85. The number of ether oxygens (including phenoxy) is 1. The molecule has 0 aliphatic carbocycles. The number of terminal acetylenes is 1. The molecule has 0 saturated carbocycles. The number of aliphatic hydroxyl groups is 4. The third-order valence-electron chi connectivity index (χ3n) is 2.34. The van der Waals surface area contributed by atoms with Crippen LogP contribution in [0.4, 0.5) is 0 Å². The van der Waals surface area contributed by atoms with Crippen LogP contribution in [0, 0.1) is 12.3 Å². The molecule has 94 valence electrons. The van der Waals surface area contributed by atoms with Crippen LogP contribution in [0.1, 0.15) is 0 Å². The molecule has 6 nitrogen and oxygen atoms in total. The van der Waals surface area contributed by atoms with Gasteiger partial charge in [0.1, 0.15) is 12.2 Å². The van der Waals surface area contributed by atoms with Crippen LogP contribution in [-0.4, -0.2) is 51.1 Å². The molecular weight excluding hydrogens is 228 g/mol. The van der Waals surface area contributed by atoms with Crippen LogP contribution in [0.5, 0.6) is 0 Å². The summed E-state index contributed by atoms with van der Waals surface area (Å²) in [6.45, 7) is -0.561. The zero-order chi connectivity index (χ0) is 12.9. The quantitative estimate of drug-likeness (QED) is 0.456. The van der Waals surface area contributed by atoms with E-state index in [1.165, 1.54) is 0 Å². The van der Waals surface area contributed by atoms with E-state index in [1.54, 1.807) is 12.5 Å². The molecule has 2 heterocycles. The summed E-state index contributed by atoms with van der Waals surface area (Å²) in [7, 11) is 0. The molecule has 6 heteroatoms. The van der Waals surface area contributed by atoms with E-state index in [0.717, 1.165) is 0 Å². The SMILES string of the molecule is C#C[C@@]1(O)[C@@H](CO)O[C@@H](O)[C@@H]1O.c1ccoc1. The van der Waals surface area contributed by atoms with Crippen LogP contribution in [0.3, 0.4) is 0 Å². The van der Waals surface area contributed by atoms with Gasteiger partial charge in [-0.25, -0.2) is 0 Å². The van der Waals surface area contributed by atoms with Crippen molar-refractivity contribution in [3.63, 3.8) is 0 Å². The van der Waals surface area contributed by atoms with Crippen molar-refractivity contribution in [2.45, 2.75) is 24.1 Å². The first kappa shape index (κ1) is 13.7. The van der Waals surface area contributed by atoms with Gasteiger partial charge < -0.3 is 29.6 Å². The van der Waals surface area contributed by atoms with Crippen molar-refractivity contribution in [1.82, 2.24) is 0 Å². The van der Waals surface area contributed by atoms with Crippen LogP contribution in [0.2, 0.25) is 0 Å². The molecular formula is C11H14O6. The molecule has 2 rings (SSSR count).